The van der Waals surface area contributed by atoms with E-state index in [-0.39, 0.29) is 37.0 Å². The van der Waals surface area contributed by atoms with Crippen LogP contribution in [0.1, 0.15) is 91.1 Å². The molecule has 5 atom stereocenters. The second-order valence-electron chi connectivity index (χ2n) is 16.6. The molecule has 0 amide bonds. The van der Waals surface area contributed by atoms with Crippen molar-refractivity contribution < 1.29 is 33.1 Å². The molecule has 0 saturated carbocycles. The highest BCUT2D eigenvalue weighted by Crippen LogP contribution is 2.51. The summed E-state index contributed by atoms with van der Waals surface area (Å²) in [5.41, 5.74) is -0.180. The maximum atomic E-state index is 13.0. The molecule has 2 heterocycles. The van der Waals surface area contributed by atoms with Crippen LogP contribution in [0.25, 0.3) is 0 Å². The summed E-state index contributed by atoms with van der Waals surface area (Å²) < 4.78 is 40.7. The van der Waals surface area contributed by atoms with Crippen LogP contribution in [0.5, 0.6) is 11.5 Å². The molecule has 1 aliphatic rings. The number of nitrogens with zero attached hydrogens (tertiary/aromatic N) is 3. The van der Waals surface area contributed by atoms with Gasteiger partial charge in [-0.1, -0.05) is 94.0 Å². The largest absolute Gasteiger partial charge is 0.497 e. The number of benzene rings is 3. The first-order valence-corrected chi connectivity index (χ1v) is 21.8. The van der Waals surface area contributed by atoms with Crippen LogP contribution in [0, 0.1) is 17.2 Å². The fourth-order valence-corrected chi connectivity index (χ4v) is 9.35. The van der Waals surface area contributed by atoms with E-state index in [0.717, 1.165) is 33.6 Å². The minimum atomic E-state index is -1.85. The summed E-state index contributed by atoms with van der Waals surface area (Å²) in [6.45, 7) is 16.5. The lowest BCUT2D eigenvalue weighted by Gasteiger charge is -2.39. The molecule has 0 aliphatic carbocycles. The molecule has 0 bridgehead atoms. The second-order valence-corrected chi connectivity index (χ2v) is 18.0. The van der Waals surface area contributed by atoms with Crippen LogP contribution in [0.4, 0.5) is 0 Å². The van der Waals surface area contributed by atoms with E-state index in [1.54, 1.807) is 14.2 Å². The van der Waals surface area contributed by atoms with Crippen LogP contribution < -0.4 is 20.7 Å². The number of methoxy groups -OCH3 is 2. The van der Waals surface area contributed by atoms with Crippen molar-refractivity contribution in [1.82, 2.24) is 14.2 Å². The number of hydrogen-bond acceptors (Lipinski definition) is 11. The Balaban J connectivity index is 0.000000929. The van der Waals surface area contributed by atoms with E-state index in [2.05, 4.69) is 38.7 Å². The van der Waals surface area contributed by atoms with Gasteiger partial charge in [0.1, 0.15) is 35.4 Å². The normalized spacial score (nSPS) is 18.5. The molecule has 1 saturated heterocycles. The number of ether oxygens (including phenoxy) is 4. The van der Waals surface area contributed by atoms with Crippen molar-refractivity contribution in [2.45, 2.75) is 116 Å². The van der Waals surface area contributed by atoms with Crippen molar-refractivity contribution in [3.8, 4) is 17.6 Å². The van der Waals surface area contributed by atoms with Crippen LogP contribution in [0.2, 0.25) is 5.31 Å². The molecule has 4 aromatic rings. The van der Waals surface area contributed by atoms with Crippen molar-refractivity contribution in [1.29, 1.82) is 5.26 Å². The zero-order chi connectivity index (χ0) is 44.9. The third kappa shape index (κ3) is 13.1. The highest BCUT2D eigenvalue weighted by atomic mass is 31.2. The molecule has 1 fully saturated rings. The van der Waals surface area contributed by atoms with Gasteiger partial charge in [-0.2, -0.15) is 5.26 Å². The Labute approximate surface area is 363 Å². The van der Waals surface area contributed by atoms with Crippen molar-refractivity contribution in [3.63, 3.8) is 0 Å². The molecule has 0 spiro atoms. The predicted octanol–water partition coefficient (Wildman–Crippen LogP) is 7.88. The first-order valence-electron chi connectivity index (χ1n) is 20.6. The lowest BCUT2D eigenvalue weighted by molar-refractivity contribution is -0.0946. The number of aromatic nitrogens is 2. The summed E-state index contributed by atoms with van der Waals surface area (Å²) in [6.07, 6.45) is -2.15. The molecule has 15 heteroatoms. The van der Waals surface area contributed by atoms with Gasteiger partial charge in [0.05, 0.1) is 47.8 Å². The van der Waals surface area contributed by atoms with Gasteiger partial charge in [0, 0.05) is 24.3 Å². The smallest absolute Gasteiger partial charge is 0.330 e. The molecule has 1 aromatic heterocycles. The van der Waals surface area contributed by atoms with Crippen molar-refractivity contribution in [3.05, 3.63) is 129 Å². The van der Waals surface area contributed by atoms with Gasteiger partial charge in [-0.3, -0.25) is 14.3 Å². The monoisotopic (exact) mass is 856 g/mol. The Morgan fingerprint density at radius 3 is 1.87 bits per heavy atom. The van der Waals surface area contributed by atoms with Crippen LogP contribution in [0.3, 0.4) is 0 Å². The zero-order valence-corrected chi connectivity index (χ0v) is 38.0. The number of aliphatic hydroxyl groups is 1. The molecule has 3 aromatic carbocycles. The minimum Gasteiger partial charge on any atom is -0.497 e. The van der Waals surface area contributed by atoms with E-state index in [0.29, 0.717) is 11.5 Å². The summed E-state index contributed by atoms with van der Waals surface area (Å²) >= 11 is 0. The maximum Gasteiger partial charge on any atom is 0.330 e. The Bertz CT molecular complexity index is 2030. The van der Waals surface area contributed by atoms with Gasteiger partial charge in [0.2, 0.25) is 0 Å². The summed E-state index contributed by atoms with van der Waals surface area (Å²) in [4.78, 5) is 27.2. The Morgan fingerprint density at radius 2 is 1.43 bits per heavy atom. The molecule has 1 aliphatic heterocycles. The van der Waals surface area contributed by atoms with Gasteiger partial charge in [0.25, 0.3) is 14.1 Å². The van der Waals surface area contributed by atoms with Crippen molar-refractivity contribution >= 4 is 16.4 Å². The average Bonchev–Trinajstić information content (AvgIpc) is 3.51. The van der Waals surface area contributed by atoms with Crippen LogP contribution in [-0.2, 0) is 24.1 Å². The van der Waals surface area contributed by atoms with Gasteiger partial charge in [-0.15, -0.1) is 0 Å². The predicted molar refractivity (Wildman–Crippen MR) is 239 cm³/mol. The number of H-pyrrole nitrogens is 1. The summed E-state index contributed by atoms with van der Waals surface area (Å²) in [6, 6.07) is 28.1. The molecular formula is C46H62BN4O9P. The molecule has 61 heavy (non-hydrogen) atoms. The van der Waals surface area contributed by atoms with Crippen LogP contribution in [-0.4, -0.2) is 85.0 Å². The first-order chi connectivity index (χ1) is 28.9. The topological polar surface area (TPSA) is 158 Å². The summed E-state index contributed by atoms with van der Waals surface area (Å²) in [5.74, 6) is 2.05. The zero-order valence-electron chi connectivity index (χ0n) is 37.1. The van der Waals surface area contributed by atoms with Gasteiger partial charge in [-0.05, 0) is 74.6 Å². The molecule has 13 nitrogen and oxygen atoms in total. The third-order valence-electron chi connectivity index (χ3n) is 9.88. The molecule has 328 valence electrons. The molecular weight excluding hydrogens is 794 g/mol. The SMILES string of the molecule is COc1ccc(C(OCC2OC(n3ccc(=O)[nH]c3=O)C(O)C2OP(OCCC#N)N(C(C)C)C(C)C)(c2ccccc2)c2ccc(OC)cc2)cc1.[B]C(C)(C)CC(C)C. The molecule has 5 rings (SSSR count). The maximum absolute atomic E-state index is 13.0. The van der Waals surface area contributed by atoms with Gasteiger partial charge >= 0.3 is 5.69 Å². The summed E-state index contributed by atoms with van der Waals surface area (Å²) in [7, 11) is 7.09. The van der Waals surface area contributed by atoms with Gasteiger partial charge in [0.15, 0.2) is 6.23 Å². The fourth-order valence-electron chi connectivity index (χ4n) is 7.57. The van der Waals surface area contributed by atoms with E-state index < -0.39 is 49.9 Å². The van der Waals surface area contributed by atoms with Gasteiger partial charge < -0.3 is 33.1 Å². The van der Waals surface area contributed by atoms with E-state index in [1.165, 1.54) is 12.3 Å². The van der Waals surface area contributed by atoms with Crippen molar-refractivity contribution in [2.24, 2.45) is 5.92 Å². The van der Waals surface area contributed by atoms with Crippen LogP contribution >= 0.6 is 8.53 Å². The standard InChI is InChI=1S/C39H47N4O9P.C7H15B/c1-26(2)43(27(3)4)53(50-24-10-22-40)52-36-33(51-37(35(36)45)42-23-21-34(44)41-38(42)46)25-49-39(28-11-8-7-9-12-28,29-13-17-31(47-5)18-14-29)30-15-19-32(48-6)20-16-30;1-6(2)5-7(3,4)8/h7-9,11-21,23,26-27,33,35-37,45H,10,24-25H2,1-6H3,(H,41,44,46);6H,5H2,1-4H3. The highest BCUT2D eigenvalue weighted by Gasteiger charge is 2.50. The Hall–Kier alpha value is -4.32. The highest BCUT2D eigenvalue weighted by molar-refractivity contribution is 7.44. The van der Waals surface area contributed by atoms with Crippen LogP contribution in [0.15, 0.2) is 101 Å². The van der Waals surface area contributed by atoms with E-state index in [4.69, 9.17) is 35.8 Å². The minimum absolute atomic E-state index is 0.0220. The summed E-state index contributed by atoms with van der Waals surface area (Å²) in [5, 5.41) is 21.2. The number of nitrogens with one attached hydrogen (secondary N) is 1. The number of aliphatic hydroxyl groups excluding tert-OH is 1. The van der Waals surface area contributed by atoms with Crippen molar-refractivity contribution in [2.75, 3.05) is 27.4 Å². The molecule has 2 N–H and O–H groups in total. The first kappa shape index (κ1) is 49.3. The Morgan fingerprint density at radius 1 is 0.885 bits per heavy atom. The molecule has 2 radical (unpaired) electrons. The number of hydrogen-bond donors (Lipinski definition) is 2. The van der Waals surface area contributed by atoms with E-state index >= 15 is 0 Å². The number of rotatable bonds is 19. The molecule has 5 unspecified atom stereocenters. The Kier molecular flexibility index (Phi) is 18.3. The average molecular weight is 857 g/mol. The van der Waals surface area contributed by atoms with E-state index in [9.17, 15) is 20.0 Å². The fraction of sp³-hybridized carbons (Fsp3) is 0.500. The number of aromatic amines is 1. The quantitative estimate of drug-likeness (QED) is 0.0409. The van der Waals surface area contributed by atoms with E-state index in [1.807, 2.05) is 111 Å². The second kappa shape index (κ2) is 22.7. The lowest BCUT2D eigenvalue weighted by Crippen LogP contribution is -2.42. The third-order valence-corrected chi connectivity index (χ3v) is 12.0. The number of nitriles is 1. The van der Waals surface area contributed by atoms with Gasteiger partial charge in [-0.25, -0.2) is 9.46 Å². The lowest BCUT2D eigenvalue weighted by atomic mass is 9.68.